The molecule has 0 bridgehead atoms. The van der Waals surface area contributed by atoms with Gasteiger partial charge in [-0.2, -0.15) is 0 Å². The van der Waals surface area contributed by atoms with Crippen molar-refractivity contribution in [2.75, 3.05) is 0 Å². The van der Waals surface area contributed by atoms with Gasteiger partial charge in [0.05, 0.1) is 0 Å². The van der Waals surface area contributed by atoms with Gasteiger partial charge in [0.1, 0.15) is 10.1 Å². The van der Waals surface area contributed by atoms with E-state index in [0.717, 1.165) is 0 Å². The van der Waals surface area contributed by atoms with Crippen LogP contribution >= 0.6 is 0 Å². The summed E-state index contributed by atoms with van der Waals surface area (Å²) < 4.78 is 40.3. The van der Waals surface area contributed by atoms with Gasteiger partial charge >= 0.3 is 51.4 Å². The maximum atomic E-state index is 11.6. The number of halogens is 1. The molecule has 0 heterocycles. The van der Waals surface area contributed by atoms with Gasteiger partial charge in [-0.3, -0.25) is 0 Å². The van der Waals surface area contributed by atoms with Crippen LogP contribution in [0.25, 0.3) is 0 Å². The molecule has 3 nitrogen and oxygen atoms in total. The summed E-state index contributed by atoms with van der Waals surface area (Å²) in [6.45, 7) is 2.77. The molecule has 0 saturated carbocycles. The number of hydrogen-bond acceptors (Lipinski definition) is 3. The van der Waals surface area contributed by atoms with Gasteiger partial charge in [-0.05, 0) is 6.08 Å². The molecule has 1 atom stereocenters. The Morgan fingerprint density at radius 3 is 2.00 bits per heavy atom. The van der Waals surface area contributed by atoms with Crippen molar-refractivity contribution in [2.45, 2.75) is 5.50 Å². The first-order valence-electron chi connectivity index (χ1n) is 1.70. The topological polar surface area (TPSA) is 57.2 Å². The Labute approximate surface area is 95.5 Å². The maximum Gasteiger partial charge on any atom is 1.00 e. The first-order valence-corrected chi connectivity index (χ1v) is 3.17. The molecule has 6 heteroatoms. The summed E-state index contributed by atoms with van der Waals surface area (Å²) >= 11 is 0. The monoisotopic (exact) mass is 178 g/mol. The Morgan fingerprint density at radius 1 is 1.67 bits per heavy atom. The summed E-state index contributed by atoms with van der Waals surface area (Å²) in [4.78, 5) is 0. The van der Waals surface area contributed by atoms with Gasteiger partial charge in [-0.25, -0.2) is 12.8 Å². The molecule has 0 aliphatic heterocycles. The van der Waals surface area contributed by atoms with Crippen molar-refractivity contribution >= 4 is 10.1 Å². The number of rotatable bonds is 2. The van der Waals surface area contributed by atoms with Crippen molar-refractivity contribution in [1.29, 1.82) is 0 Å². The van der Waals surface area contributed by atoms with Gasteiger partial charge in [0.15, 0.2) is 0 Å². The normalized spacial score (nSPS) is 13.6. The molecule has 9 heavy (non-hydrogen) atoms. The van der Waals surface area contributed by atoms with Gasteiger partial charge in [-0.15, -0.1) is 0 Å². The van der Waals surface area contributed by atoms with Crippen LogP contribution in [0.15, 0.2) is 12.7 Å². The fourth-order valence-electron chi connectivity index (χ4n) is 0.118. The molecule has 0 spiro atoms. The summed E-state index contributed by atoms with van der Waals surface area (Å²) in [6, 6.07) is 0. The third-order valence-electron chi connectivity index (χ3n) is 0.461. The van der Waals surface area contributed by atoms with Gasteiger partial charge in [0.2, 0.25) is 5.50 Å². The summed E-state index contributed by atoms with van der Waals surface area (Å²) in [5.41, 5.74) is -2.47. The van der Waals surface area contributed by atoms with Crippen molar-refractivity contribution < 1.29 is 68.7 Å². The Morgan fingerprint density at radius 2 is 2.00 bits per heavy atom. The summed E-state index contributed by atoms with van der Waals surface area (Å²) in [5.74, 6) is 0. The largest absolute Gasteiger partial charge is 1.00 e. The second kappa shape index (κ2) is 4.95. The van der Waals surface area contributed by atoms with Crippen LogP contribution in [0, 0.1) is 0 Å². The molecule has 0 N–H and O–H groups in total. The zero-order valence-electron chi connectivity index (χ0n) is 4.87. The minimum atomic E-state index is -4.79. The van der Waals surface area contributed by atoms with E-state index in [4.69, 9.17) is 0 Å². The van der Waals surface area contributed by atoms with Crippen molar-refractivity contribution in [1.82, 2.24) is 0 Å². The summed E-state index contributed by atoms with van der Waals surface area (Å²) in [5, 5.41) is 0. The molecule has 0 aromatic carbocycles. The van der Waals surface area contributed by atoms with E-state index in [1.54, 1.807) is 0 Å². The van der Waals surface area contributed by atoms with E-state index < -0.39 is 15.6 Å². The van der Waals surface area contributed by atoms with E-state index >= 15 is 0 Å². The van der Waals surface area contributed by atoms with Crippen LogP contribution in [0.5, 0.6) is 0 Å². The van der Waals surface area contributed by atoms with Crippen LogP contribution < -0.4 is 51.4 Å². The van der Waals surface area contributed by atoms with E-state index in [1.807, 2.05) is 0 Å². The molecule has 0 saturated heterocycles. The fraction of sp³-hybridized carbons (Fsp3) is 0.333. The quantitative estimate of drug-likeness (QED) is 0.257. The SMILES string of the molecule is C=CC(F)S(=O)(=O)[O-].[K+]. The van der Waals surface area contributed by atoms with Gasteiger partial charge in [0.25, 0.3) is 0 Å². The molecule has 0 fully saturated rings. The van der Waals surface area contributed by atoms with Crippen LogP contribution in [0.1, 0.15) is 0 Å². The third-order valence-corrected chi connectivity index (χ3v) is 1.21. The van der Waals surface area contributed by atoms with Crippen molar-refractivity contribution in [3.8, 4) is 0 Å². The van der Waals surface area contributed by atoms with E-state index in [1.165, 1.54) is 0 Å². The van der Waals surface area contributed by atoms with Gasteiger partial charge in [-0.1, -0.05) is 6.58 Å². The molecular weight excluding hydrogens is 174 g/mol. The molecule has 0 amide bonds. The molecule has 0 aromatic rings. The number of hydrogen-bond donors (Lipinski definition) is 0. The Kier molecular flexibility index (Phi) is 7.06. The van der Waals surface area contributed by atoms with Crippen molar-refractivity contribution in [3.63, 3.8) is 0 Å². The van der Waals surface area contributed by atoms with E-state index in [2.05, 4.69) is 6.58 Å². The standard InChI is InChI=1S/C3H5FO3S.K/c1-2-3(4)8(5,6)7;/h2-3H,1H2,(H,5,6,7);/q;+1/p-1. The van der Waals surface area contributed by atoms with Gasteiger partial charge in [0, 0.05) is 0 Å². The Bertz CT molecular complexity index is 175. The zero-order valence-corrected chi connectivity index (χ0v) is 8.81. The number of alkyl halides is 1. The van der Waals surface area contributed by atoms with Crippen molar-refractivity contribution in [2.24, 2.45) is 0 Å². The summed E-state index contributed by atoms with van der Waals surface area (Å²) in [7, 11) is -4.79. The van der Waals surface area contributed by atoms with Crippen LogP contribution in [0.3, 0.4) is 0 Å². The second-order valence-corrected chi connectivity index (χ2v) is 2.52. The predicted octanol–water partition coefficient (Wildman–Crippen LogP) is -2.98. The van der Waals surface area contributed by atoms with Crippen LogP contribution in [-0.2, 0) is 10.1 Å². The molecule has 0 radical (unpaired) electrons. The second-order valence-electron chi connectivity index (χ2n) is 1.08. The summed E-state index contributed by atoms with van der Waals surface area (Å²) in [6.07, 6.45) is 0.433. The van der Waals surface area contributed by atoms with E-state index in [-0.39, 0.29) is 51.4 Å². The van der Waals surface area contributed by atoms with Crippen molar-refractivity contribution in [3.05, 3.63) is 12.7 Å². The molecule has 0 rings (SSSR count). The maximum absolute atomic E-state index is 11.6. The average Bonchev–Trinajstić information content (AvgIpc) is 1.62. The smallest absolute Gasteiger partial charge is 0.745 e. The zero-order chi connectivity index (χ0) is 6.78. The molecule has 0 aliphatic carbocycles. The first-order chi connectivity index (χ1) is 3.48. The molecule has 1 unspecified atom stereocenters. The Balaban J connectivity index is 0. The van der Waals surface area contributed by atoms with E-state index in [9.17, 15) is 17.4 Å². The van der Waals surface area contributed by atoms with Gasteiger partial charge < -0.3 is 4.55 Å². The molecular formula is C3H4FKO3S. The fourth-order valence-corrected chi connectivity index (χ4v) is 0.354. The van der Waals surface area contributed by atoms with E-state index in [0.29, 0.717) is 6.08 Å². The minimum Gasteiger partial charge on any atom is -0.745 e. The average molecular weight is 178 g/mol. The molecule has 0 aromatic heterocycles. The third kappa shape index (κ3) is 5.65. The Hall–Kier alpha value is 1.22. The first kappa shape index (κ1) is 12.9. The van der Waals surface area contributed by atoms with Crippen LogP contribution in [0.2, 0.25) is 0 Å². The molecule has 0 aliphatic rings. The van der Waals surface area contributed by atoms with Crippen LogP contribution in [0.4, 0.5) is 4.39 Å². The predicted molar refractivity (Wildman–Crippen MR) is 24.8 cm³/mol. The van der Waals surface area contributed by atoms with Crippen LogP contribution in [-0.4, -0.2) is 18.5 Å². The molecule has 48 valence electrons. The minimum absolute atomic E-state index is 0.